The van der Waals surface area contributed by atoms with Crippen LogP contribution in [0, 0.1) is 0 Å². The van der Waals surface area contributed by atoms with Crippen LogP contribution in [0.15, 0.2) is 84.4 Å². The molecule has 1 saturated heterocycles. The monoisotopic (exact) mass is 467 g/mol. The highest BCUT2D eigenvalue weighted by atomic mass is 16.5. The fraction of sp³-hybridized carbons (Fsp3) is 0.483. The van der Waals surface area contributed by atoms with Crippen LogP contribution in [0.2, 0.25) is 0 Å². The summed E-state index contributed by atoms with van der Waals surface area (Å²) in [7, 11) is 1.65. The van der Waals surface area contributed by atoms with Gasteiger partial charge < -0.3 is 19.9 Å². The zero-order valence-corrected chi connectivity index (χ0v) is 22.1. The molecule has 34 heavy (non-hydrogen) atoms. The molecule has 188 valence electrons. The van der Waals surface area contributed by atoms with E-state index in [9.17, 15) is 4.79 Å². The number of ether oxygens (including phenoxy) is 1. The minimum Gasteiger partial charge on any atom is -0.497 e. The molecule has 0 spiro atoms. The predicted molar refractivity (Wildman–Crippen MR) is 145 cm³/mol. The summed E-state index contributed by atoms with van der Waals surface area (Å²) in [6.45, 7) is 21.3. The number of rotatable bonds is 13. The van der Waals surface area contributed by atoms with Gasteiger partial charge in [0.05, 0.1) is 12.8 Å². The molecule has 0 aliphatic carbocycles. The lowest BCUT2D eigenvalue weighted by atomic mass is 10.0. The van der Waals surface area contributed by atoms with Crippen LogP contribution >= 0.6 is 0 Å². The van der Waals surface area contributed by atoms with Gasteiger partial charge in [-0.3, -0.25) is 4.79 Å². The first-order chi connectivity index (χ1) is 16.2. The normalized spacial score (nSPS) is 17.0. The van der Waals surface area contributed by atoms with Gasteiger partial charge in [0.25, 0.3) is 5.91 Å². The van der Waals surface area contributed by atoms with Gasteiger partial charge in [-0.25, -0.2) is 0 Å². The van der Waals surface area contributed by atoms with Crippen molar-refractivity contribution in [3.05, 3.63) is 84.4 Å². The van der Waals surface area contributed by atoms with Crippen LogP contribution in [0.1, 0.15) is 47.5 Å². The van der Waals surface area contributed by atoms with E-state index in [2.05, 4.69) is 42.1 Å². The first kappa shape index (κ1) is 29.2. The number of piperidine rings is 1. The second kappa shape index (κ2) is 15.9. The average Bonchev–Trinajstić information content (AvgIpc) is 2.81. The van der Waals surface area contributed by atoms with E-state index in [4.69, 9.17) is 4.74 Å². The molecule has 1 amide bonds. The summed E-state index contributed by atoms with van der Waals surface area (Å²) in [5.74, 6) is 0.732. The van der Waals surface area contributed by atoms with Crippen LogP contribution in [0.4, 0.5) is 0 Å². The topological polar surface area (TPSA) is 44.8 Å². The molecule has 0 atom stereocenters. The van der Waals surface area contributed by atoms with Gasteiger partial charge in [0.15, 0.2) is 0 Å². The number of likely N-dealkylation sites (tertiary alicyclic amines) is 1. The number of amides is 1. The van der Waals surface area contributed by atoms with Crippen LogP contribution in [0.5, 0.6) is 0 Å². The van der Waals surface area contributed by atoms with Gasteiger partial charge >= 0.3 is 0 Å². The fourth-order valence-electron chi connectivity index (χ4n) is 3.84. The quantitative estimate of drug-likeness (QED) is 0.220. The Kier molecular flexibility index (Phi) is 13.7. The lowest BCUT2D eigenvalue weighted by Crippen LogP contribution is -2.48. The lowest BCUT2D eigenvalue weighted by Gasteiger charge is -2.35. The molecule has 5 heteroatoms. The summed E-state index contributed by atoms with van der Waals surface area (Å²) in [6.07, 6.45) is 17.5. The Hall–Kier alpha value is -2.79. The van der Waals surface area contributed by atoms with Crippen LogP contribution in [0.25, 0.3) is 0 Å². The van der Waals surface area contributed by atoms with E-state index in [1.165, 1.54) is 0 Å². The molecular formula is C29H45N3O2. The Morgan fingerprint density at radius 2 is 1.88 bits per heavy atom. The van der Waals surface area contributed by atoms with Crippen molar-refractivity contribution in [2.75, 3.05) is 33.3 Å². The highest BCUT2D eigenvalue weighted by Gasteiger charge is 2.24. The summed E-state index contributed by atoms with van der Waals surface area (Å²) < 4.78 is 5.40. The van der Waals surface area contributed by atoms with Gasteiger partial charge in [-0.2, -0.15) is 0 Å². The molecular weight excluding hydrogens is 422 g/mol. The molecule has 0 radical (unpaired) electrons. The van der Waals surface area contributed by atoms with Crippen molar-refractivity contribution in [2.24, 2.45) is 0 Å². The second-order valence-corrected chi connectivity index (χ2v) is 8.88. The molecule has 1 heterocycles. The SMILES string of the molecule is C=C/C(=C\C(=C/C)OC)CN(C/C=C\C=C/C(=C)C)/C(=C\C)C(=O)NC1CCN(C(C)C)CC1. The smallest absolute Gasteiger partial charge is 0.267 e. The minimum absolute atomic E-state index is 0.0298. The van der Waals surface area contributed by atoms with Crippen molar-refractivity contribution in [1.29, 1.82) is 0 Å². The zero-order chi connectivity index (χ0) is 25.5. The van der Waals surface area contributed by atoms with Gasteiger partial charge in [0.2, 0.25) is 0 Å². The van der Waals surface area contributed by atoms with E-state index in [0.29, 0.717) is 24.8 Å². The number of carbonyl (C=O) groups excluding carboxylic acids is 1. The average molecular weight is 468 g/mol. The Morgan fingerprint density at radius 3 is 2.38 bits per heavy atom. The Bertz CT molecular complexity index is 822. The zero-order valence-electron chi connectivity index (χ0n) is 22.1. The molecule has 0 bridgehead atoms. The maximum Gasteiger partial charge on any atom is 0.267 e. The number of carbonyl (C=O) groups is 1. The highest BCUT2D eigenvalue weighted by Crippen LogP contribution is 2.16. The third kappa shape index (κ3) is 10.4. The molecule has 0 aromatic carbocycles. The number of nitrogens with zero attached hydrogens (tertiary/aromatic N) is 2. The molecule has 0 aromatic rings. The third-order valence-electron chi connectivity index (χ3n) is 5.88. The van der Waals surface area contributed by atoms with E-state index in [0.717, 1.165) is 42.8 Å². The van der Waals surface area contributed by atoms with Crippen molar-refractivity contribution in [2.45, 2.75) is 59.5 Å². The summed E-state index contributed by atoms with van der Waals surface area (Å²) >= 11 is 0. The minimum atomic E-state index is -0.0298. The molecule has 0 aromatic heterocycles. The highest BCUT2D eigenvalue weighted by molar-refractivity contribution is 5.93. The van der Waals surface area contributed by atoms with Crippen LogP contribution in [-0.4, -0.2) is 61.1 Å². The standard InChI is InChI=1S/C29H45N3O2/c1-9-25(21-27(10-2)34-8)22-32(18-14-12-13-15-23(4)5)28(11-3)29(33)30-26-16-19-31(20-17-26)24(6)7/h9-15,21,24,26H,1,4,16-20,22H2,2-3,5-8H3,(H,30,33)/b14-12-,15-13-,25-21+,27-10+,28-11-. The maximum absolute atomic E-state index is 13.3. The Morgan fingerprint density at radius 1 is 1.21 bits per heavy atom. The van der Waals surface area contributed by atoms with E-state index in [1.54, 1.807) is 7.11 Å². The number of allylic oxidation sites excluding steroid dienone is 7. The van der Waals surface area contributed by atoms with Crippen molar-refractivity contribution in [3.63, 3.8) is 0 Å². The van der Waals surface area contributed by atoms with Crippen LogP contribution in [0.3, 0.4) is 0 Å². The van der Waals surface area contributed by atoms with Gasteiger partial charge in [-0.05, 0) is 65.2 Å². The van der Waals surface area contributed by atoms with E-state index in [-0.39, 0.29) is 11.9 Å². The van der Waals surface area contributed by atoms with Crippen LogP contribution in [-0.2, 0) is 9.53 Å². The molecule has 1 N–H and O–H groups in total. The molecule has 0 saturated carbocycles. The van der Waals surface area contributed by atoms with Crippen molar-refractivity contribution < 1.29 is 9.53 Å². The summed E-state index contributed by atoms with van der Waals surface area (Å²) in [4.78, 5) is 17.8. The van der Waals surface area contributed by atoms with Crippen LogP contribution < -0.4 is 5.32 Å². The first-order valence-electron chi connectivity index (χ1n) is 12.2. The lowest BCUT2D eigenvalue weighted by molar-refractivity contribution is -0.120. The van der Waals surface area contributed by atoms with Crippen molar-refractivity contribution in [3.8, 4) is 0 Å². The molecule has 1 fully saturated rings. The predicted octanol–water partition coefficient (Wildman–Crippen LogP) is 5.53. The largest absolute Gasteiger partial charge is 0.497 e. The summed E-state index contributed by atoms with van der Waals surface area (Å²) in [5, 5.41) is 3.27. The number of hydrogen-bond acceptors (Lipinski definition) is 4. The van der Waals surface area contributed by atoms with Gasteiger partial charge in [-0.15, -0.1) is 0 Å². The summed E-state index contributed by atoms with van der Waals surface area (Å²) in [6, 6.07) is 0.744. The summed E-state index contributed by atoms with van der Waals surface area (Å²) in [5.41, 5.74) is 2.62. The number of nitrogens with one attached hydrogen (secondary N) is 1. The fourth-order valence-corrected chi connectivity index (χ4v) is 3.84. The Balaban J connectivity index is 3.03. The van der Waals surface area contributed by atoms with Crippen molar-refractivity contribution in [1.82, 2.24) is 15.1 Å². The van der Waals surface area contributed by atoms with Gasteiger partial charge in [0, 0.05) is 38.3 Å². The first-order valence-corrected chi connectivity index (χ1v) is 12.2. The molecule has 1 aliphatic rings. The Labute approximate surface area is 207 Å². The van der Waals surface area contributed by atoms with E-state index in [1.807, 2.05) is 69.4 Å². The van der Waals surface area contributed by atoms with Gasteiger partial charge in [-0.1, -0.05) is 55.2 Å². The third-order valence-corrected chi connectivity index (χ3v) is 5.88. The van der Waals surface area contributed by atoms with Gasteiger partial charge in [0.1, 0.15) is 5.76 Å². The maximum atomic E-state index is 13.3. The second-order valence-electron chi connectivity index (χ2n) is 8.88. The van der Waals surface area contributed by atoms with Crippen molar-refractivity contribution >= 4 is 5.91 Å². The molecule has 1 rings (SSSR count). The number of hydrogen-bond donors (Lipinski definition) is 1. The van der Waals surface area contributed by atoms with E-state index >= 15 is 0 Å². The molecule has 0 unspecified atom stereocenters. The molecule has 1 aliphatic heterocycles. The molecule has 5 nitrogen and oxygen atoms in total. The number of methoxy groups -OCH3 is 1. The van der Waals surface area contributed by atoms with E-state index < -0.39 is 0 Å².